The standard InChI is InChI=1S/C19H19N3O4S/c1-27(2,24)10-4-9-25-19-8-7-18-20-12-14(22(18)21-19)17-11-13-15(23)5-3-6-16(13)26-17/h3,5-8,10-12,23H,4,9H2,1-2H3. The summed E-state index contributed by atoms with van der Waals surface area (Å²) < 4.78 is 24.8. The van der Waals surface area contributed by atoms with Crippen molar-refractivity contribution in [1.29, 1.82) is 0 Å². The first-order valence-electron chi connectivity index (χ1n) is 8.38. The molecular weight excluding hydrogens is 366 g/mol. The van der Waals surface area contributed by atoms with E-state index in [4.69, 9.17) is 9.15 Å². The lowest BCUT2D eigenvalue weighted by molar-refractivity contribution is 0.313. The molecule has 0 radical (unpaired) electrons. The van der Waals surface area contributed by atoms with Crippen molar-refractivity contribution in [3.8, 4) is 23.1 Å². The lowest BCUT2D eigenvalue weighted by Crippen LogP contribution is -2.05. The smallest absolute Gasteiger partial charge is 0.231 e. The zero-order valence-corrected chi connectivity index (χ0v) is 15.8. The van der Waals surface area contributed by atoms with Gasteiger partial charge >= 0.3 is 0 Å². The molecule has 0 saturated carbocycles. The van der Waals surface area contributed by atoms with Crippen molar-refractivity contribution in [2.75, 3.05) is 19.1 Å². The Morgan fingerprint density at radius 2 is 2.15 bits per heavy atom. The molecule has 1 N–H and O–H groups in total. The van der Waals surface area contributed by atoms with Crippen molar-refractivity contribution in [3.63, 3.8) is 0 Å². The SMILES string of the molecule is CS(C)(=O)=CCCOc1ccc2ncc(-c3cc4c(O)cccc4o3)n2n1. The molecular formula is C19H19N3O4S. The van der Waals surface area contributed by atoms with Gasteiger partial charge in [-0.3, -0.25) is 4.21 Å². The molecule has 0 amide bonds. The molecule has 0 aliphatic carbocycles. The molecule has 0 aliphatic rings. The Labute approximate surface area is 156 Å². The largest absolute Gasteiger partial charge is 0.507 e. The molecule has 0 aliphatic heterocycles. The van der Waals surface area contributed by atoms with E-state index >= 15 is 0 Å². The van der Waals surface area contributed by atoms with Crippen LogP contribution in [0.25, 0.3) is 28.1 Å². The number of furan rings is 1. The van der Waals surface area contributed by atoms with E-state index in [1.54, 1.807) is 65.0 Å². The van der Waals surface area contributed by atoms with E-state index in [9.17, 15) is 9.32 Å². The lowest BCUT2D eigenvalue weighted by Gasteiger charge is -2.05. The van der Waals surface area contributed by atoms with Crippen LogP contribution in [0.5, 0.6) is 11.6 Å². The van der Waals surface area contributed by atoms with Gasteiger partial charge in [0, 0.05) is 25.0 Å². The minimum absolute atomic E-state index is 0.160. The van der Waals surface area contributed by atoms with E-state index in [0.29, 0.717) is 47.0 Å². The van der Waals surface area contributed by atoms with Gasteiger partial charge in [-0.1, -0.05) is 6.07 Å². The van der Waals surface area contributed by atoms with Crippen LogP contribution in [-0.2, 0) is 9.52 Å². The van der Waals surface area contributed by atoms with Crippen LogP contribution in [0.15, 0.2) is 47.0 Å². The number of aromatic nitrogens is 3. The van der Waals surface area contributed by atoms with Crippen molar-refractivity contribution in [2.45, 2.75) is 6.42 Å². The van der Waals surface area contributed by atoms with E-state index in [-0.39, 0.29) is 5.75 Å². The number of phenolic OH excluding ortho intramolecular Hbond substituents is 1. The Morgan fingerprint density at radius 1 is 1.30 bits per heavy atom. The van der Waals surface area contributed by atoms with Crippen LogP contribution < -0.4 is 4.74 Å². The minimum atomic E-state index is -1.89. The molecule has 27 heavy (non-hydrogen) atoms. The average molecular weight is 385 g/mol. The predicted molar refractivity (Wildman–Crippen MR) is 106 cm³/mol. The fourth-order valence-electron chi connectivity index (χ4n) is 2.77. The van der Waals surface area contributed by atoms with Crippen LogP contribution in [0.3, 0.4) is 0 Å². The van der Waals surface area contributed by atoms with E-state index < -0.39 is 9.52 Å². The van der Waals surface area contributed by atoms with Gasteiger partial charge in [0.2, 0.25) is 5.88 Å². The highest BCUT2D eigenvalue weighted by Crippen LogP contribution is 2.32. The maximum atomic E-state index is 11.7. The summed E-state index contributed by atoms with van der Waals surface area (Å²) in [5.41, 5.74) is 1.90. The van der Waals surface area contributed by atoms with Gasteiger partial charge in [0.05, 0.1) is 18.2 Å². The van der Waals surface area contributed by atoms with Gasteiger partial charge in [0.1, 0.15) is 17.0 Å². The Bertz CT molecular complexity index is 1240. The number of hydrogen-bond donors (Lipinski definition) is 1. The van der Waals surface area contributed by atoms with E-state index in [1.807, 2.05) is 0 Å². The van der Waals surface area contributed by atoms with Gasteiger partial charge in [-0.25, -0.2) is 9.50 Å². The predicted octanol–water partition coefficient (Wildman–Crippen LogP) is 2.96. The average Bonchev–Trinajstić information content (AvgIpc) is 3.22. The molecule has 0 saturated heterocycles. The number of nitrogens with zero attached hydrogens (tertiary/aromatic N) is 3. The topological polar surface area (TPSA) is 89.9 Å². The molecule has 3 heterocycles. The normalized spacial score (nSPS) is 11.9. The van der Waals surface area contributed by atoms with Gasteiger partial charge in [0.15, 0.2) is 11.4 Å². The second-order valence-electron chi connectivity index (χ2n) is 6.50. The van der Waals surface area contributed by atoms with Crippen molar-refractivity contribution < 1.29 is 18.5 Å². The first-order chi connectivity index (χ1) is 12.9. The van der Waals surface area contributed by atoms with Crippen molar-refractivity contribution >= 4 is 31.5 Å². The molecule has 4 aromatic rings. The molecule has 0 atom stereocenters. The number of aromatic hydroxyl groups is 1. The van der Waals surface area contributed by atoms with E-state index in [2.05, 4.69) is 10.1 Å². The third kappa shape index (κ3) is 3.61. The Morgan fingerprint density at radius 3 is 2.93 bits per heavy atom. The summed E-state index contributed by atoms with van der Waals surface area (Å²) >= 11 is 0. The van der Waals surface area contributed by atoms with E-state index in [1.165, 1.54) is 0 Å². The summed E-state index contributed by atoms with van der Waals surface area (Å²) in [4.78, 5) is 4.34. The van der Waals surface area contributed by atoms with Crippen LogP contribution in [0, 0.1) is 0 Å². The zero-order valence-electron chi connectivity index (χ0n) is 15.0. The zero-order chi connectivity index (χ0) is 19.0. The number of phenols is 1. The van der Waals surface area contributed by atoms with Gasteiger partial charge in [-0.15, -0.1) is 5.10 Å². The number of ether oxygens (including phenoxy) is 1. The maximum Gasteiger partial charge on any atom is 0.231 e. The summed E-state index contributed by atoms with van der Waals surface area (Å²) in [7, 11) is -1.89. The second-order valence-corrected chi connectivity index (χ2v) is 9.45. The fourth-order valence-corrected chi connectivity index (χ4v) is 3.43. The maximum absolute atomic E-state index is 11.7. The van der Waals surface area contributed by atoms with Crippen LogP contribution in [0.1, 0.15) is 6.42 Å². The third-order valence-corrected chi connectivity index (χ3v) is 5.05. The molecule has 0 fully saturated rings. The van der Waals surface area contributed by atoms with Crippen molar-refractivity contribution in [3.05, 3.63) is 42.6 Å². The molecule has 8 heteroatoms. The summed E-state index contributed by atoms with van der Waals surface area (Å²) in [6.07, 6.45) is 5.63. The summed E-state index contributed by atoms with van der Waals surface area (Å²) in [6, 6.07) is 10.4. The first-order valence-corrected chi connectivity index (χ1v) is 10.8. The molecule has 7 nitrogen and oxygen atoms in total. The number of benzene rings is 1. The number of imidazole rings is 1. The summed E-state index contributed by atoms with van der Waals surface area (Å²) in [5, 5.41) is 16.8. The van der Waals surface area contributed by atoms with Crippen LogP contribution in [0.4, 0.5) is 0 Å². The van der Waals surface area contributed by atoms with Gasteiger partial charge in [0.25, 0.3) is 0 Å². The highest BCUT2D eigenvalue weighted by atomic mass is 32.2. The van der Waals surface area contributed by atoms with Crippen molar-refractivity contribution in [1.82, 2.24) is 14.6 Å². The quantitative estimate of drug-likeness (QED) is 0.420. The van der Waals surface area contributed by atoms with Gasteiger partial charge in [-0.05, 0) is 39.2 Å². The Hall–Kier alpha value is -3.00. The van der Waals surface area contributed by atoms with Crippen LogP contribution in [-0.4, -0.2) is 48.4 Å². The molecule has 140 valence electrons. The highest BCUT2D eigenvalue weighted by molar-refractivity contribution is 8.00. The molecule has 0 unspecified atom stereocenters. The number of rotatable bonds is 5. The molecule has 3 aromatic heterocycles. The third-order valence-electron chi connectivity index (χ3n) is 4.02. The summed E-state index contributed by atoms with van der Waals surface area (Å²) in [5.74, 6) is 1.15. The number of hydrogen-bond acceptors (Lipinski definition) is 6. The molecule has 1 aromatic carbocycles. The van der Waals surface area contributed by atoms with Crippen LogP contribution >= 0.6 is 0 Å². The highest BCUT2D eigenvalue weighted by Gasteiger charge is 2.14. The monoisotopic (exact) mass is 385 g/mol. The number of fused-ring (bicyclic) bond motifs is 2. The Balaban J connectivity index is 1.65. The van der Waals surface area contributed by atoms with Crippen LogP contribution in [0.2, 0.25) is 0 Å². The minimum Gasteiger partial charge on any atom is -0.507 e. The molecule has 0 bridgehead atoms. The van der Waals surface area contributed by atoms with E-state index in [0.717, 1.165) is 0 Å². The fraction of sp³-hybridized carbons (Fsp3) is 0.211. The molecule has 4 rings (SSSR count). The first kappa shape index (κ1) is 17.4. The van der Waals surface area contributed by atoms with Gasteiger partial charge < -0.3 is 14.3 Å². The molecule has 0 spiro atoms. The van der Waals surface area contributed by atoms with Gasteiger partial charge in [-0.2, -0.15) is 0 Å². The lowest BCUT2D eigenvalue weighted by atomic mass is 10.2. The van der Waals surface area contributed by atoms with Crippen molar-refractivity contribution in [2.24, 2.45) is 0 Å². The summed E-state index contributed by atoms with van der Waals surface area (Å²) in [6.45, 7) is 0.389. The second kappa shape index (κ2) is 6.62. The Kier molecular flexibility index (Phi) is 4.27.